The van der Waals surface area contributed by atoms with Crippen LogP contribution in [0.2, 0.25) is 0 Å². The maximum absolute atomic E-state index is 15.6. The number of nitrogens with zero attached hydrogens (tertiary/aromatic N) is 1. The molecule has 1 unspecified atom stereocenters. The van der Waals surface area contributed by atoms with Crippen molar-refractivity contribution in [2.75, 3.05) is 6.54 Å². The number of hydrogen-bond acceptors (Lipinski definition) is 4. The Morgan fingerprint density at radius 2 is 1.86 bits per heavy atom. The van der Waals surface area contributed by atoms with Crippen LogP contribution in [0, 0.1) is 22.9 Å². The second-order valence-electron chi connectivity index (χ2n) is 13.6. The number of carboxylic acids is 1. The van der Waals surface area contributed by atoms with Crippen molar-refractivity contribution in [3.05, 3.63) is 101 Å². The molecule has 3 aromatic carbocycles. The van der Waals surface area contributed by atoms with Crippen molar-refractivity contribution in [1.82, 2.24) is 20.3 Å². The number of amides is 1. The Hall–Kier alpha value is -5.06. The SMILES string of the molecule is CC1(c2cccc(CCC(=O)O)c2)CCCC2(CC2)CNC(=O)CCc2c(c(F)c(F)c3[nH]ccc23)Oc2ccc(F)c(c2)-c2ncc1[nH]2. The highest BCUT2D eigenvalue weighted by molar-refractivity contribution is 5.87. The van der Waals surface area contributed by atoms with E-state index in [4.69, 9.17) is 4.74 Å². The van der Waals surface area contributed by atoms with Gasteiger partial charge in [-0.2, -0.15) is 4.39 Å². The van der Waals surface area contributed by atoms with Gasteiger partial charge in [-0.05, 0) is 86.3 Å². The molecule has 4 bridgehead atoms. The Balaban J connectivity index is 1.31. The molecule has 1 aliphatic carbocycles. The lowest BCUT2D eigenvalue weighted by atomic mass is 9.74. The Morgan fingerprint density at radius 1 is 1.02 bits per heavy atom. The van der Waals surface area contributed by atoms with Gasteiger partial charge in [-0.15, -0.1) is 0 Å². The van der Waals surface area contributed by atoms with E-state index in [-0.39, 0.29) is 59.0 Å². The molecule has 1 spiro atoms. The molecule has 4 N–H and O–H groups in total. The molecule has 1 atom stereocenters. The van der Waals surface area contributed by atoms with Gasteiger partial charge in [0.05, 0.1) is 11.1 Å². The Morgan fingerprint density at radius 3 is 2.65 bits per heavy atom. The molecule has 2 aliphatic rings. The molecule has 2 aromatic heterocycles. The van der Waals surface area contributed by atoms with Crippen molar-refractivity contribution in [2.24, 2.45) is 5.41 Å². The first kappa shape index (κ1) is 32.5. The molecular weight excluding hydrogens is 633 g/mol. The van der Waals surface area contributed by atoms with Crippen LogP contribution in [0.5, 0.6) is 11.5 Å². The molecule has 1 amide bonds. The van der Waals surface area contributed by atoms with E-state index in [0.717, 1.165) is 42.5 Å². The molecule has 1 saturated carbocycles. The van der Waals surface area contributed by atoms with Crippen LogP contribution in [0.3, 0.4) is 0 Å². The van der Waals surface area contributed by atoms with Crippen LogP contribution in [-0.4, -0.2) is 38.5 Å². The number of carboxylic acid groups (broad SMARTS) is 1. The van der Waals surface area contributed by atoms with Gasteiger partial charge in [0, 0.05) is 53.8 Å². The van der Waals surface area contributed by atoms with Gasteiger partial charge in [0.2, 0.25) is 11.7 Å². The summed E-state index contributed by atoms with van der Waals surface area (Å²) < 4.78 is 52.2. The summed E-state index contributed by atoms with van der Waals surface area (Å²) in [6, 6.07) is 13.4. The third-order valence-electron chi connectivity index (χ3n) is 10.3. The number of ether oxygens (including phenoxy) is 1. The van der Waals surface area contributed by atoms with Gasteiger partial charge in [-0.25, -0.2) is 13.8 Å². The van der Waals surface area contributed by atoms with Gasteiger partial charge in [-0.3, -0.25) is 9.59 Å². The highest BCUT2D eigenvalue weighted by atomic mass is 19.2. The third kappa shape index (κ3) is 6.41. The number of rotatable bonds is 4. The van der Waals surface area contributed by atoms with Crippen molar-refractivity contribution in [1.29, 1.82) is 0 Å². The molecule has 1 aliphatic heterocycles. The maximum atomic E-state index is 15.6. The lowest BCUT2D eigenvalue weighted by Crippen LogP contribution is -2.31. The molecule has 5 aromatic rings. The Labute approximate surface area is 281 Å². The number of carbonyl (C=O) groups excluding carboxylic acids is 1. The van der Waals surface area contributed by atoms with E-state index in [9.17, 15) is 14.7 Å². The summed E-state index contributed by atoms with van der Waals surface area (Å²) in [6.45, 7) is 2.61. The van der Waals surface area contributed by atoms with Crippen LogP contribution in [0.25, 0.3) is 22.3 Å². The molecule has 254 valence electrons. The van der Waals surface area contributed by atoms with E-state index in [1.165, 1.54) is 24.4 Å². The average Bonchev–Trinajstić information content (AvgIpc) is 3.43. The van der Waals surface area contributed by atoms with E-state index < -0.39 is 28.8 Å². The minimum Gasteiger partial charge on any atom is -0.481 e. The molecule has 8 nitrogen and oxygen atoms in total. The van der Waals surface area contributed by atoms with Crippen LogP contribution >= 0.6 is 0 Å². The second kappa shape index (κ2) is 12.8. The predicted octanol–water partition coefficient (Wildman–Crippen LogP) is 8.10. The maximum Gasteiger partial charge on any atom is 0.303 e. The Kier molecular flexibility index (Phi) is 8.46. The fourth-order valence-electron chi connectivity index (χ4n) is 7.10. The van der Waals surface area contributed by atoms with Crippen LogP contribution in [0.1, 0.15) is 74.3 Å². The number of aromatic nitrogens is 3. The number of hydrogen-bond donors (Lipinski definition) is 4. The van der Waals surface area contributed by atoms with Crippen LogP contribution in [0.15, 0.2) is 60.9 Å². The fraction of sp³-hybridized carbons (Fsp3) is 0.342. The smallest absolute Gasteiger partial charge is 0.303 e. The molecule has 3 heterocycles. The van der Waals surface area contributed by atoms with Gasteiger partial charge in [-0.1, -0.05) is 30.7 Å². The van der Waals surface area contributed by atoms with Gasteiger partial charge in [0.15, 0.2) is 11.6 Å². The molecular formula is C38H37F3N4O4. The number of fused-ring (bicyclic) bond motifs is 8. The number of aliphatic carboxylic acids is 1. The van der Waals surface area contributed by atoms with E-state index in [0.29, 0.717) is 30.3 Å². The van der Waals surface area contributed by atoms with Gasteiger partial charge < -0.3 is 25.1 Å². The normalized spacial score (nSPS) is 19.3. The van der Waals surface area contributed by atoms with Crippen molar-refractivity contribution < 1.29 is 32.6 Å². The zero-order valence-corrected chi connectivity index (χ0v) is 27.1. The second-order valence-corrected chi connectivity index (χ2v) is 13.6. The number of imidazole rings is 1. The van der Waals surface area contributed by atoms with Crippen molar-refractivity contribution >= 4 is 22.8 Å². The minimum atomic E-state index is -1.21. The summed E-state index contributed by atoms with van der Waals surface area (Å²) in [7, 11) is 0. The van der Waals surface area contributed by atoms with E-state index in [2.05, 4.69) is 27.2 Å². The first-order valence-corrected chi connectivity index (χ1v) is 16.6. The highest BCUT2D eigenvalue weighted by Crippen LogP contribution is 2.50. The number of carbonyl (C=O) groups is 2. The summed E-state index contributed by atoms with van der Waals surface area (Å²) in [6.07, 6.45) is 8.13. The number of aryl methyl sites for hydroxylation is 2. The molecule has 1 fully saturated rings. The largest absolute Gasteiger partial charge is 0.481 e. The van der Waals surface area contributed by atoms with Crippen LogP contribution < -0.4 is 10.1 Å². The topological polar surface area (TPSA) is 120 Å². The summed E-state index contributed by atoms with van der Waals surface area (Å²) in [5, 5.41) is 12.7. The molecule has 11 heteroatoms. The number of H-pyrrole nitrogens is 2. The van der Waals surface area contributed by atoms with Crippen molar-refractivity contribution in [2.45, 2.75) is 70.1 Å². The number of aromatic amines is 2. The first-order chi connectivity index (χ1) is 23.5. The number of halogens is 3. The Bertz CT molecular complexity index is 2070. The van der Waals surface area contributed by atoms with E-state index in [1.54, 1.807) is 12.3 Å². The van der Waals surface area contributed by atoms with E-state index >= 15 is 13.2 Å². The van der Waals surface area contributed by atoms with Gasteiger partial charge >= 0.3 is 5.97 Å². The van der Waals surface area contributed by atoms with Crippen molar-refractivity contribution in [3.63, 3.8) is 0 Å². The van der Waals surface area contributed by atoms with Gasteiger partial charge in [0.1, 0.15) is 17.4 Å². The molecule has 7 rings (SSSR count). The van der Waals surface area contributed by atoms with Crippen molar-refractivity contribution in [3.8, 4) is 22.9 Å². The average molecular weight is 671 g/mol. The van der Waals surface area contributed by atoms with Gasteiger partial charge in [0.25, 0.3) is 0 Å². The number of nitrogens with one attached hydrogen (secondary N) is 3. The fourth-order valence-corrected chi connectivity index (χ4v) is 7.10. The molecule has 0 radical (unpaired) electrons. The summed E-state index contributed by atoms with van der Waals surface area (Å²) >= 11 is 0. The molecule has 0 saturated heterocycles. The monoisotopic (exact) mass is 670 g/mol. The highest BCUT2D eigenvalue weighted by Gasteiger charge is 2.43. The molecule has 49 heavy (non-hydrogen) atoms. The zero-order valence-electron chi connectivity index (χ0n) is 27.1. The third-order valence-corrected chi connectivity index (χ3v) is 10.3. The van der Waals surface area contributed by atoms with E-state index in [1.807, 2.05) is 24.3 Å². The summed E-state index contributed by atoms with van der Waals surface area (Å²) in [5.41, 5.74) is 2.39. The lowest BCUT2D eigenvalue weighted by molar-refractivity contribution is -0.137. The standard InChI is InChI=1S/C38H37F3N4O4/c1-37(23-5-2-4-22(18-23)6-11-31(47)48)13-3-14-38(15-16-38)21-44-30(46)10-8-26-25-12-17-42-34(25)32(40)33(41)35(26)49-24-7-9-28(39)27(19-24)36-43-20-29(37)45-36/h2,4-5,7,9,12,17-20,42H,3,6,8,10-11,13-16,21H2,1H3,(H,43,45)(H,44,46)(H,47,48). The number of benzene rings is 3. The summed E-state index contributed by atoms with van der Waals surface area (Å²) in [4.78, 5) is 35.1. The lowest BCUT2D eigenvalue weighted by Gasteiger charge is -2.30. The zero-order chi connectivity index (χ0) is 34.3. The van der Waals surface area contributed by atoms with Crippen LogP contribution in [-0.2, 0) is 27.8 Å². The quantitative estimate of drug-likeness (QED) is 0.154. The van der Waals surface area contributed by atoms with Crippen LogP contribution in [0.4, 0.5) is 13.2 Å². The summed E-state index contributed by atoms with van der Waals surface area (Å²) in [5.74, 6) is -4.02. The minimum absolute atomic E-state index is 0.0113. The predicted molar refractivity (Wildman–Crippen MR) is 178 cm³/mol. The first-order valence-electron chi connectivity index (χ1n) is 16.6.